The van der Waals surface area contributed by atoms with Crippen LogP contribution in [0, 0.1) is 0 Å². The van der Waals surface area contributed by atoms with Crippen molar-refractivity contribution in [1.29, 1.82) is 0 Å². The second-order valence-corrected chi connectivity index (χ2v) is 3.99. The van der Waals surface area contributed by atoms with Gasteiger partial charge in [0.2, 0.25) is 0 Å². The number of hydrogen-bond donors (Lipinski definition) is 0. The Kier molecular flexibility index (Phi) is 4.49. The molecule has 0 aliphatic carbocycles. The van der Waals surface area contributed by atoms with Gasteiger partial charge in [0.25, 0.3) is 0 Å². The van der Waals surface area contributed by atoms with E-state index in [9.17, 15) is 9.59 Å². The zero-order valence-corrected chi connectivity index (χ0v) is 10.5. The Morgan fingerprint density at radius 3 is 2.62 bits per heavy atom. The van der Waals surface area contributed by atoms with Crippen molar-refractivity contribution in [2.75, 3.05) is 7.11 Å². The Morgan fingerprint density at radius 1 is 1.38 bits per heavy atom. The van der Waals surface area contributed by atoms with Crippen LogP contribution in [0.15, 0.2) is 22.7 Å². The van der Waals surface area contributed by atoms with Crippen molar-refractivity contribution >= 4 is 27.9 Å². The monoisotopic (exact) mass is 286 g/mol. The third-order valence-corrected chi connectivity index (χ3v) is 2.40. The van der Waals surface area contributed by atoms with Gasteiger partial charge in [0, 0.05) is 17.0 Å². The number of methoxy groups -OCH3 is 1. The van der Waals surface area contributed by atoms with Crippen LogP contribution in [0.5, 0.6) is 0 Å². The molecule has 0 saturated carbocycles. The molecule has 0 bridgehead atoms. The lowest BCUT2D eigenvalue weighted by Gasteiger charge is -2.08. The lowest BCUT2D eigenvalue weighted by molar-refractivity contribution is -0.142. The van der Waals surface area contributed by atoms with E-state index in [1.54, 1.807) is 18.2 Å². The van der Waals surface area contributed by atoms with Crippen LogP contribution in [0.4, 0.5) is 0 Å². The van der Waals surface area contributed by atoms with Gasteiger partial charge in [-0.1, -0.05) is 15.9 Å². The summed E-state index contributed by atoms with van der Waals surface area (Å²) in [4.78, 5) is 22.1. The van der Waals surface area contributed by atoms with Crippen LogP contribution in [0.1, 0.15) is 22.8 Å². The zero-order chi connectivity index (χ0) is 12.1. The van der Waals surface area contributed by atoms with Crippen LogP contribution in [0.3, 0.4) is 0 Å². The van der Waals surface area contributed by atoms with Gasteiger partial charge in [0.05, 0.1) is 12.7 Å². The fraction of sp³-hybridized carbons (Fsp3) is 0.273. The molecule has 0 heterocycles. The van der Waals surface area contributed by atoms with Crippen LogP contribution in [-0.4, -0.2) is 19.0 Å². The number of hydrogen-bond acceptors (Lipinski definition) is 4. The summed E-state index contributed by atoms with van der Waals surface area (Å²) in [6.07, 6.45) is 0. The van der Waals surface area contributed by atoms with Gasteiger partial charge < -0.3 is 9.47 Å². The first-order valence-corrected chi connectivity index (χ1v) is 5.34. The van der Waals surface area contributed by atoms with Gasteiger partial charge in [0.1, 0.15) is 6.61 Å². The Labute approximate surface area is 102 Å². The first-order valence-electron chi connectivity index (χ1n) is 4.54. The third kappa shape index (κ3) is 3.34. The maximum Gasteiger partial charge on any atom is 0.338 e. The normalized spacial score (nSPS) is 9.69. The lowest BCUT2D eigenvalue weighted by atomic mass is 10.1. The average molecular weight is 287 g/mol. The fourth-order valence-corrected chi connectivity index (χ4v) is 1.58. The van der Waals surface area contributed by atoms with E-state index in [4.69, 9.17) is 4.74 Å². The molecule has 1 rings (SSSR count). The average Bonchev–Trinajstić information content (AvgIpc) is 2.25. The van der Waals surface area contributed by atoms with Crippen molar-refractivity contribution in [3.05, 3.63) is 33.8 Å². The topological polar surface area (TPSA) is 52.6 Å². The highest BCUT2D eigenvalue weighted by molar-refractivity contribution is 9.10. The van der Waals surface area contributed by atoms with E-state index >= 15 is 0 Å². The molecule has 0 aliphatic heterocycles. The summed E-state index contributed by atoms with van der Waals surface area (Å²) in [5, 5.41) is 0. The highest BCUT2D eigenvalue weighted by Crippen LogP contribution is 2.18. The quantitative estimate of drug-likeness (QED) is 0.800. The Balaban J connectivity index is 2.98. The van der Waals surface area contributed by atoms with Gasteiger partial charge in [0.15, 0.2) is 0 Å². The van der Waals surface area contributed by atoms with Gasteiger partial charge in [-0.2, -0.15) is 0 Å². The van der Waals surface area contributed by atoms with E-state index in [2.05, 4.69) is 20.7 Å². The molecule has 0 N–H and O–H groups in total. The van der Waals surface area contributed by atoms with Crippen LogP contribution < -0.4 is 0 Å². The van der Waals surface area contributed by atoms with Gasteiger partial charge in [-0.15, -0.1) is 0 Å². The highest BCUT2D eigenvalue weighted by atomic mass is 79.9. The summed E-state index contributed by atoms with van der Waals surface area (Å²) in [6.45, 7) is 1.37. The molecule has 0 fully saturated rings. The number of carbonyl (C=O) groups excluding carboxylic acids is 2. The molecular weight excluding hydrogens is 276 g/mol. The predicted molar refractivity (Wildman–Crippen MR) is 61.0 cm³/mol. The molecule has 0 aromatic heterocycles. The van der Waals surface area contributed by atoms with Crippen molar-refractivity contribution in [3.63, 3.8) is 0 Å². The molecule has 0 spiro atoms. The van der Waals surface area contributed by atoms with Crippen molar-refractivity contribution in [3.8, 4) is 0 Å². The lowest BCUT2D eigenvalue weighted by Crippen LogP contribution is -2.08. The minimum absolute atomic E-state index is 0.0548. The smallest absolute Gasteiger partial charge is 0.338 e. The number of rotatable bonds is 3. The van der Waals surface area contributed by atoms with E-state index in [0.29, 0.717) is 11.1 Å². The van der Waals surface area contributed by atoms with Gasteiger partial charge in [-0.25, -0.2) is 4.79 Å². The molecule has 86 valence electrons. The van der Waals surface area contributed by atoms with Crippen LogP contribution in [-0.2, 0) is 20.9 Å². The maximum absolute atomic E-state index is 11.4. The molecular formula is C11H11BrO4. The van der Waals surface area contributed by atoms with Crippen LogP contribution in [0.2, 0.25) is 0 Å². The van der Waals surface area contributed by atoms with Crippen molar-refractivity contribution in [2.24, 2.45) is 0 Å². The Bertz CT molecular complexity index is 414. The second kappa shape index (κ2) is 5.65. The number of ether oxygens (including phenoxy) is 2. The molecule has 1 aromatic carbocycles. The first-order chi connectivity index (χ1) is 7.54. The molecule has 0 radical (unpaired) electrons. The zero-order valence-electron chi connectivity index (χ0n) is 8.95. The molecule has 16 heavy (non-hydrogen) atoms. The molecule has 0 atom stereocenters. The summed E-state index contributed by atoms with van der Waals surface area (Å²) in [5.41, 5.74) is 1.00. The molecule has 4 nitrogen and oxygen atoms in total. The molecule has 0 amide bonds. The fourth-order valence-electron chi connectivity index (χ4n) is 1.17. The molecule has 0 aliphatic rings. The minimum Gasteiger partial charge on any atom is -0.465 e. The summed E-state index contributed by atoms with van der Waals surface area (Å²) < 4.78 is 10.3. The Hall–Kier alpha value is -1.36. The van der Waals surface area contributed by atoms with E-state index in [1.807, 2.05) is 0 Å². The predicted octanol–water partition coefficient (Wildman–Crippen LogP) is 2.30. The van der Waals surface area contributed by atoms with E-state index < -0.39 is 11.9 Å². The number of esters is 2. The van der Waals surface area contributed by atoms with Crippen molar-refractivity contribution < 1.29 is 19.1 Å². The largest absolute Gasteiger partial charge is 0.465 e. The van der Waals surface area contributed by atoms with E-state index in [-0.39, 0.29) is 6.61 Å². The summed E-state index contributed by atoms with van der Waals surface area (Å²) >= 11 is 3.28. The van der Waals surface area contributed by atoms with E-state index in [1.165, 1.54) is 14.0 Å². The molecule has 1 aromatic rings. The second-order valence-electron chi connectivity index (χ2n) is 3.07. The first kappa shape index (κ1) is 12.7. The standard InChI is InChI=1S/C11H11BrO4/c1-7(13)16-6-8-5-9(12)3-4-10(8)11(14)15-2/h3-5H,6H2,1-2H3. The maximum atomic E-state index is 11.4. The van der Waals surface area contributed by atoms with Crippen molar-refractivity contribution in [1.82, 2.24) is 0 Å². The molecule has 0 saturated heterocycles. The number of benzene rings is 1. The van der Waals surface area contributed by atoms with Gasteiger partial charge >= 0.3 is 11.9 Å². The minimum atomic E-state index is -0.449. The van der Waals surface area contributed by atoms with Crippen LogP contribution in [0.25, 0.3) is 0 Å². The number of carbonyl (C=O) groups is 2. The van der Waals surface area contributed by atoms with E-state index in [0.717, 1.165) is 4.47 Å². The number of halogens is 1. The SMILES string of the molecule is COC(=O)c1ccc(Br)cc1COC(C)=O. The Morgan fingerprint density at radius 2 is 2.06 bits per heavy atom. The molecule has 5 heteroatoms. The summed E-state index contributed by atoms with van der Waals surface area (Å²) in [6, 6.07) is 5.06. The van der Waals surface area contributed by atoms with Crippen LogP contribution >= 0.6 is 15.9 Å². The summed E-state index contributed by atoms with van der Waals surface area (Å²) in [7, 11) is 1.31. The highest BCUT2D eigenvalue weighted by Gasteiger charge is 2.12. The van der Waals surface area contributed by atoms with Gasteiger partial charge in [-0.3, -0.25) is 4.79 Å². The van der Waals surface area contributed by atoms with Crippen molar-refractivity contribution in [2.45, 2.75) is 13.5 Å². The molecule has 0 unspecified atom stereocenters. The third-order valence-electron chi connectivity index (χ3n) is 1.90. The van der Waals surface area contributed by atoms with Gasteiger partial charge in [-0.05, 0) is 18.2 Å². The summed E-state index contributed by atoms with van der Waals surface area (Å²) in [5.74, 6) is -0.842.